The molecule has 19 heavy (non-hydrogen) atoms. The van der Waals surface area contributed by atoms with E-state index in [1.54, 1.807) is 12.3 Å². The number of aromatic nitrogens is 2. The Morgan fingerprint density at radius 3 is 3.00 bits per heavy atom. The SMILES string of the molecule is Cn1cc(C2=CC=NCC2)c2cc([N+](=O)[O-])cnc21. The molecule has 0 aromatic carbocycles. The topological polar surface area (TPSA) is 73.3 Å². The van der Waals surface area contributed by atoms with Gasteiger partial charge >= 0.3 is 0 Å². The van der Waals surface area contributed by atoms with Crippen LogP contribution < -0.4 is 0 Å². The van der Waals surface area contributed by atoms with E-state index in [1.807, 2.05) is 23.9 Å². The highest BCUT2D eigenvalue weighted by molar-refractivity contribution is 5.96. The fourth-order valence-corrected chi connectivity index (χ4v) is 2.32. The normalized spacial score (nSPS) is 14.7. The van der Waals surface area contributed by atoms with E-state index >= 15 is 0 Å². The van der Waals surface area contributed by atoms with Gasteiger partial charge in [-0.05, 0) is 18.1 Å². The highest BCUT2D eigenvalue weighted by Gasteiger charge is 2.16. The van der Waals surface area contributed by atoms with Crippen molar-refractivity contribution in [3.05, 3.63) is 40.2 Å². The molecule has 0 spiro atoms. The Morgan fingerprint density at radius 1 is 1.47 bits per heavy atom. The van der Waals surface area contributed by atoms with Crippen LogP contribution in [-0.2, 0) is 7.05 Å². The second kappa shape index (κ2) is 4.31. The molecule has 2 aromatic heterocycles. The summed E-state index contributed by atoms with van der Waals surface area (Å²) in [6, 6.07) is 1.59. The van der Waals surface area contributed by atoms with Crippen LogP contribution in [0.15, 0.2) is 29.5 Å². The van der Waals surface area contributed by atoms with Crippen LogP contribution in [0.2, 0.25) is 0 Å². The lowest BCUT2D eigenvalue weighted by molar-refractivity contribution is -0.385. The van der Waals surface area contributed by atoms with Crippen molar-refractivity contribution in [2.45, 2.75) is 6.42 Å². The maximum atomic E-state index is 10.9. The largest absolute Gasteiger partial charge is 0.335 e. The van der Waals surface area contributed by atoms with Crippen molar-refractivity contribution < 1.29 is 4.92 Å². The summed E-state index contributed by atoms with van der Waals surface area (Å²) in [5, 5.41) is 11.7. The van der Waals surface area contributed by atoms with Gasteiger partial charge in [-0.1, -0.05) is 0 Å². The smallest absolute Gasteiger partial charge is 0.288 e. The van der Waals surface area contributed by atoms with E-state index in [2.05, 4.69) is 9.98 Å². The molecule has 0 aliphatic carbocycles. The zero-order chi connectivity index (χ0) is 13.4. The zero-order valence-corrected chi connectivity index (χ0v) is 10.4. The summed E-state index contributed by atoms with van der Waals surface area (Å²) in [6.07, 6.45) is 7.84. The van der Waals surface area contributed by atoms with E-state index in [0.29, 0.717) is 0 Å². The summed E-state index contributed by atoms with van der Waals surface area (Å²) < 4.78 is 1.89. The van der Waals surface area contributed by atoms with E-state index in [1.165, 1.54) is 6.20 Å². The summed E-state index contributed by atoms with van der Waals surface area (Å²) >= 11 is 0. The van der Waals surface area contributed by atoms with Crippen LogP contribution in [0.4, 0.5) is 5.69 Å². The predicted octanol–water partition coefficient (Wildman–Crippen LogP) is 2.34. The minimum Gasteiger partial charge on any atom is -0.335 e. The molecule has 6 nitrogen and oxygen atoms in total. The van der Waals surface area contributed by atoms with E-state index in [0.717, 1.165) is 35.1 Å². The third-order valence-corrected chi connectivity index (χ3v) is 3.25. The molecule has 96 valence electrons. The molecule has 0 radical (unpaired) electrons. The number of pyridine rings is 1. The Kier molecular flexibility index (Phi) is 2.63. The Balaban J connectivity index is 2.24. The molecule has 1 aliphatic heterocycles. The monoisotopic (exact) mass is 256 g/mol. The summed E-state index contributed by atoms with van der Waals surface area (Å²) in [5.74, 6) is 0. The van der Waals surface area contributed by atoms with Gasteiger partial charge in [-0.2, -0.15) is 0 Å². The number of hydrogen-bond donors (Lipinski definition) is 0. The number of aryl methyl sites for hydroxylation is 1. The highest BCUT2D eigenvalue weighted by Crippen LogP contribution is 2.30. The number of nitro groups is 1. The van der Waals surface area contributed by atoms with Gasteiger partial charge < -0.3 is 4.57 Å². The van der Waals surface area contributed by atoms with Gasteiger partial charge in [0.15, 0.2) is 0 Å². The van der Waals surface area contributed by atoms with Crippen molar-refractivity contribution in [3.8, 4) is 0 Å². The number of dihydropyridines is 1. The van der Waals surface area contributed by atoms with Crippen molar-refractivity contribution in [1.29, 1.82) is 0 Å². The molecule has 0 saturated heterocycles. The first-order valence-electron chi connectivity index (χ1n) is 5.95. The molecule has 0 unspecified atom stereocenters. The van der Waals surface area contributed by atoms with Crippen LogP contribution in [0.25, 0.3) is 16.6 Å². The van der Waals surface area contributed by atoms with Gasteiger partial charge in [-0.25, -0.2) is 4.98 Å². The molecule has 3 rings (SSSR count). The minimum atomic E-state index is -0.417. The van der Waals surface area contributed by atoms with Gasteiger partial charge in [0.2, 0.25) is 0 Å². The quantitative estimate of drug-likeness (QED) is 0.611. The van der Waals surface area contributed by atoms with Crippen LogP contribution in [0.5, 0.6) is 0 Å². The fraction of sp³-hybridized carbons (Fsp3) is 0.231. The Morgan fingerprint density at radius 2 is 2.32 bits per heavy atom. The van der Waals surface area contributed by atoms with Gasteiger partial charge in [-0.15, -0.1) is 0 Å². The molecule has 0 atom stereocenters. The van der Waals surface area contributed by atoms with Crippen molar-refractivity contribution in [1.82, 2.24) is 9.55 Å². The number of rotatable bonds is 2. The Hall–Kier alpha value is -2.50. The summed E-state index contributed by atoms with van der Waals surface area (Å²) in [4.78, 5) is 18.8. The number of allylic oxidation sites excluding steroid dienone is 1. The molecular formula is C13H12N4O2. The highest BCUT2D eigenvalue weighted by atomic mass is 16.6. The predicted molar refractivity (Wildman–Crippen MR) is 73.3 cm³/mol. The Labute approximate surface area is 109 Å². The summed E-state index contributed by atoms with van der Waals surface area (Å²) in [6.45, 7) is 0.755. The maximum absolute atomic E-state index is 10.9. The fourth-order valence-electron chi connectivity index (χ4n) is 2.32. The lowest BCUT2D eigenvalue weighted by atomic mass is 10.0. The minimum absolute atomic E-state index is 0.0185. The first kappa shape index (κ1) is 11.6. The Bertz CT molecular complexity index is 728. The van der Waals surface area contributed by atoms with Crippen LogP contribution in [0, 0.1) is 10.1 Å². The third kappa shape index (κ3) is 1.91. The van der Waals surface area contributed by atoms with Gasteiger partial charge in [0.1, 0.15) is 11.8 Å². The van der Waals surface area contributed by atoms with Crippen LogP contribution >= 0.6 is 0 Å². The summed E-state index contributed by atoms with van der Waals surface area (Å²) in [7, 11) is 1.89. The van der Waals surface area contributed by atoms with Crippen LogP contribution in [-0.4, -0.2) is 27.2 Å². The second-order valence-electron chi connectivity index (χ2n) is 4.47. The van der Waals surface area contributed by atoms with Gasteiger partial charge in [0.25, 0.3) is 5.69 Å². The molecule has 6 heteroatoms. The van der Waals surface area contributed by atoms with Gasteiger partial charge in [0, 0.05) is 43.0 Å². The molecule has 0 N–H and O–H groups in total. The third-order valence-electron chi connectivity index (χ3n) is 3.25. The van der Waals surface area contributed by atoms with Crippen LogP contribution in [0.1, 0.15) is 12.0 Å². The van der Waals surface area contributed by atoms with E-state index < -0.39 is 4.92 Å². The molecule has 1 aliphatic rings. The maximum Gasteiger partial charge on any atom is 0.288 e. The lowest BCUT2D eigenvalue weighted by Crippen LogP contribution is -1.94. The molecule has 0 amide bonds. The summed E-state index contributed by atoms with van der Waals surface area (Å²) in [5.41, 5.74) is 2.91. The molecular weight excluding hydrogens is 244 g/mol. The molecule has 3 heterocycles. The second-order valence-corrected chi connectivity index (χ2v) is 4.47. The van der Waals surface area contributed by atoms with Crippen LogP contribution in [0.3, 0.4) is 0 Å². The number of nitrogens with zero attached hydrogens (tertiary/aromatic N) is 4. The molecule has 0 bridgehead atoms. The van der Waals surface area contributed by atoms with Crippen molar-refractivity contribution in [2.24, 2.45) is 12.0 Å². The van der Waals surface area contributed by atoms with Gasteiger partial charge in [-0.3, -0.25) is 15.1 Å². The zero-order valence-electron chi connectivity index (χ0n) is 10.4. The van der Waals surface area contributed by atoms with E-state index in [9.17, 15) is 10.1 Å². The molecule has 2 aromatic rings. The molecule has 0 fully saturated rings. The first-order chi connectivity index (χ1) is 9.16. The van der Waals surface area contributed by atoms with E-state index in [-0.39, 0.29) is 5.69 Å². The van der Waals surface area contributed by atoms with Gasteiger partial charge in [0.05, 0.1) is 4.92 Å². The number of aliphatic imine (C=N–C) groups is 1. The number of fused-ring (bicyclic) bond motifs is 1. The number of hydrogen-bond acceptors (Lipinski definition) is 4. The average Bonchev–Trinajstić information content (AvgIpc) is 2.77. The van der Waals surface area contributed by atoms with Crippen molar-refractivity contribution in [3.63, 3.8) is 0 Å². The first-order valence-corrected chi connectivity index (χ1v) is 5.95. The van der Waals surface area contributed by atoms with Crippen molar-refractivity contribution >= 4 is 28.5 Å². The van der Waals surface area contributed by atoms with E-state index in [4.69, 9.17) is 0 Å². The lowest BCUT2D eigenvalue weighted by Gasteiger charge is -2.06. The average molecular weight is 256 g/mol. The van der Waals surface area contributed by atoms with Crippen molar-refractivity contribution in [2.75, 3.05) is 6.54 Å². The molecule has 0 saturated carbocycles. The standard InChI is InChI=1S/C13H12N4O2/c1-16-8-12(9-2-4-14-5-3-9)11-6-10(17(18)19)7-15-13(11)16/h2,4,6-8H,3,5H2,1H3.